The van der Waals surface area contributed by atoms with Crippen molar-refractivity contribution in [3.8, 4) is 5.75 Å². The monoisotopic (exact) mass is 345 g/mol. The smallest absolute Gasteiger partial charge is 0.227 e. The molecule has 1 saturated heterocycles. The van der Waals surface area contributed by atoms with E-state index in [2.05, 4.69) is 15.6 Å². The zero-order valence-electron chi connectivity index (χ0n) is 13.3. The molecule has 1 aromatic heterocycles. The Balaban J connectivity index is 1.58. The van der Waals surface area contributed by atoms with Crippen LogP contribution in [-0.2, 0) is 11.4 Å². The molecular formula is C18H20ClN3O2. The summed E-state index contributed by atoms with van der Waals surface area (Å²) in [5.74, 6) is 0.682. The number of benzene rings is 1. The van der Waals surface area contributed by atoms with E-state index in [0.29, 0.717) is 23.1 Å². The average Bonchev–Trinajstić information content (AvgIpc) is 2.62. The fraction of sp³-hybridized carbons (Fsp3) is 0.333. The molecule has 1 aliphatic heterocycles. The number of nitrogens with one attached hydrogen (secondary N) is 2. The average molecular weight is 346 g/mol. The molecule has 0 atom stereocenters. The lowest BCUT2D eigenvalue weighted by molar-refractivity contribution is -0.120. The Morgan fingerprint density at radius 2 is 2.12 bits per heavy atom. The number of piperidine rings is 1. The normalized spacial score (nSPS) is 15.0. The third kappa shape index (κ3) is 4.46. The summed E-state index contributed by atoms with van der Waals surface area (Å²) in [7, 11) is 0. The second-order valence-corrected chi connectivity index (χ2v) is 6.18. The summed E-state index contributed by atoms with van der Waals surface area (Å²) in [6.07, 6.45) is 3.45. The Hall–Kier alpha value is -2.11. The van der Waals surface area contributed by atoms with Gasteiger partial charge in [-0.2, -0.15) is 0 Å². The van der Waals surface area contributed by atoms with Gasteiger partial charge in [0.05, 0.1) is 10.7 Å². The second-order valence-electron chi connectivity index (χ2n) is 5.77. The minimum atomic E-state index is 0.0507. The molecule has 126 valence electrons. The van der Waals surface area contributed by atoms with E-state index >= 15 is 0 Å². The van der Waals surface area contributed by atoms with Crippen molar-refractivity contribution >= 4 is 23.2 Å². The lowest BCUT2D eigenvalue weighted by Crippen LogP contribution is -2.34. The number of ether oxygens (including phenoxy) is 1. The van der Waals surface area contributed by atoms with Crippen LogP contribution in [-0.4, -0.2) is 24.0 Å². The van der Waals surface area contributed by atoms with Gasteiger partial charge in [-0.3, -0.25) is 9.78 Å². The third-order valence-corrected chi connectivity index (χ3v) is 4.31. The molecule has 1 amide bonds. The number of carbonyl (C=O) groups excluding carboxylic acids is 1. The number of amides is 1. The van der Waals surface area contributed by atoms with E-state index in [1.165, 1.54) is 0 Å². The van der Waals surface area contributed by atoms with Gasteiger partial charge in [0.1, 0.15) is 12.4 Å². The summed E-state index contributed by atoms with van der Waals surface area (Å²) in [6.45, 7) is 2.12. The van der Waals surface area contributed by atoms with Crippen LogP contribution in [0.5, 0.6) is 5.75 Å². The maximum atomic E-state index is 12.3. The fourth-order valence-electron chi connectivity index (χ4n) is 2.66. The standard InChI is InChI=1S/C18H20ClN3O2/c19-16-11-14(22-18(23)13-6-9-20-10-7-13)4-5-17(16)24-12-15-3-1-2-8-21-15/h1-5,8,11,13,20H,6-7,9-10,12H2,(H,22,23). The van der Waals surface area contributed by atoms with Gasteiger partial charge in [-0.05, 0) is 56.3 Å². The molecule has 0 spiro atoms. The molecule has 0 radical (unpaired) electrons. The van der Waals surface area contributed by atoms with Crippen LogP contribution in [0.1, 0.15) is 18.5 Å². The van der Waals surface area contributed by atoms with Crippen LogP contribution in [0.2, 0.25) is 5.02 Å². The second kappa shape index (κ2) is 8.13. The maximum Gasteiger partial charge on any atom is 0.227 e. The summed E-state index contributed by atoms with van der Waals surface area (Å²) in [4.78, 5) is 16.5. The molecule has 0 unspecified atom stereocenters. The molecule has 0 aliphatic carbocycles. The van der Waals surface area contributed by atoms with Crippen molar-refractivity contribution in [2.24, 2.45) is 5.92 Å². The van der Waals surface area contributed by atoms with Gasteiger partial charge < -0.3 is 15.4 Å². The van der Waals surface area contributed by atoms with E-state index in [1.54, 1.807) is 24.4 Å². The molecule has 0 saturated carbocycles. The predicted octanol–water partition coefficient (Wildman–Crippen LogP) is 3.25. The zero-order chi connectivity index (χ0) is 16.8. The van der Waals surface area contributed by atoms with Crippen molar-refractivity contribution in [2.45, 2.75) is 19.4 Å². The van der Waals surface area contributed by atoms with Crippen molar-refractivity contribution in [1.82, 2.24) is 10.3 Å². The van der Waals surface area contributed by atoms with Gasteiger partial charge in [-0.25, -0.2) is 0 Å². The van der Waals surface area contributed by atoms with Crippen molar-refractivity contribution < 1.29 is 9.53 Å². The van der Waals surface area contributed by atoms with Gasteiger partial charge in [0.2, 0.25) is 5.91 Å². The number of halogens is 1. The first-order valence-corrected chi connectivity index (χ1v) is 8.44. The highest BCUT2D eigenvalue weighted by molar-refractivity contribution is 6.32. The molecule has 6 heteroatoms. The Bertz CT molecular complexity index is 688. The number of aromatic nitrogens is 1. The number of pyridine rings is 1. The summed E-state index contributed by atoms with van der Waals surface area (Å²) in [5.41, 5.74) is 1.52. The lowest BCUT2D eigenvalue weighted by atomic mass is 9.97. The Labute approximate surface area is 146 Å². The van der Waals surface area contributed by atoms with Gasteiger partial charge in [0.25, 0.3) is 0 Å². The van der Waals surface area contributed by atoms with E-state index in [0.717, 1.165) is 31.6 Å². The van der Waals surface area contributed by atoms with Crippen molar-refractivity contribution in [3.63, 3.8) is 0 Å². The van der Waals surface area contributed by atoms with E-state index in [1.807, 2.05) is 18.2 Å². The van der Waals surface area contributed by atoms with Crippen molar-refractivity contribution in [3.05, 3.63) is 53.3 Å². The largest absolute Gasteiger partial charge is 0.486 e. The van der Waals surface area contributed by atoms with E-state index in [9.17, 15) is 4.79 Å². The zero-order valence-corrected chi connectivity index (χ0v) is 14.1. The quantitative estimate of drug-likeness (QED) is 0.873. The minimum Gasteiger partial charge on any atom is -0.486 e. The maximum absolute atomic E-state index is 12.3. The highest BCUT2D eigenvalue weighted by atomic mass is 35.5. The number of hydrogen-bond acceptors (Lipinski definition) is 4. The highest BCUT2D eigenvalue weighted by Crippen LogP contribution is 2.28. The first-order valence-electron chi connectivity index (χ1n) is 8.06. The molecule has 1 fully saturated rings. The summed E-state index contributed by atoms with van der Waals surface area (Å²) in [6, 6.07) is 10.9. The Kier molecular flexibility index (Phi) is 5.67. The number of nitrogens with zero attached hydrogens (tertiary/aromatic N) is 1. The van der Waals surface area contributed by atoms with Crippen molar-refractivity contribution in [2.75, 3.05) is 18.4 Å². The van der Waals surface area contributed by atoms with Crippen LogP contribution in [0.4, 0.5) is 5.69 Å². The van der Waals surface area contributed by atoms with Crippen LogP contribution < -0.4 is 15.4 Å². The summed E-state index contributed by atoms with van der Waals surface area (Å²) >= 11 is 6.26. The number of hydrogen-bond donors (Lipinski definition) is 2. The first-order chi connectivity index (χ1) is 11.7. The molecule has 24 heavy (non-hydrogen) atoms. The highest BCUT2D eigenvalue weighted by Gasteiger charge is 2.21. The molecule has 2 heterocycles. The van der Waals surface area contributed by atoms with E-state index < -0.39 is 0 Å². The molecule has 2 aromatic rings. The Morgan fingerprint density at radius 1 is 1.29 bits per heavy atom. The molecule has 1 aromatic carbocycles. The van der Waals surface area contributed by atoms with Gasteiger partial charge in [-0.15, -0.1) is 0 Å². The first kappa shape index (κ1) is 16.7. The minimum absolute atomic E-state index is 0.0507. The predicted molar refractivity (Wildman–Crippen MR) is 94.2 cm³/mol. The van der Waals surface area contributed by atoms with Crippen LogP contribution >= 0.6 is 11.6 Å². The summed E-state index contributed by atoms with van der Waals surface area (Å²) in [5, 5.41) is 6.66. The molecule has 0 bridgehead atoms. The summed E-state index contributed by atoms with van der Waals surface area (Å²) < 4.78 is 5.68. The van der Waals surface area contributed by atoms with E-state index in [4.69, 9.17) is 16.3 Å². The third-order valence-electron chi connectivity index (χ3n) is 4.01. The number of anilines is 1. The van der Waals surface area contributed by atoms with Gasteiger partial charge in [-0.1, -0.05) is 17.7 Å². The SMILES string of the molecule is O=C(Nc1ccc(OCc2ccccn2)c(Cl)c1)C1CCNCC1. The van der Waals surface area contributed by atoms with Crippen LogP contribution in [0.15, 0.2) is 42.6 Å². The fourth-order valence-corrected chi connectivity index (χ4v) is 2.89. The van der Waals surface area contributed by atoms with E-state index in [-0.39, 0.29) is 11.8 Å². The van der Waals surface area contributed by atoms with Crippen LogP contribution in [0.25, 0.3) is 0 Å². The number of rotatable bonds is 5. The molecule has 5 nitrogen and oxygen atoms in total. The topological polar surface area (TPSA) is 63.2 Å². The molecular weight excluding hydrogens is 326 g/mol. The Morgan fingerprint density at radius 3 is 2.83 bits per heavy atom. The van der Waals surface area contributed by atoms with Gasteiger partial charge >= 0.3 is 0 Å². The lowest BCUT2D eigenvalue weighted by Gasteiger charge is -2.21. The van der Waals surface area contributed by atoms with Crippen LogP contribution in [0.3, 0.4) is 0 Å². The molecule has 2 N–H and O–H groups in total. The molecule has 1 aliphatic rings. The van der Waals surface area contributed by atoms with Crippen LogP contribution in [0, 0.1) is 5.92 Å². The number of carbonyl (C=O) groups is 1. The van der Waals surface area contributed by atoms with Gasteiger partial charge in [0, 0.05) is 17.8 Å². The molecule has 3 rings (SSSR count). The van der Waals surface area contributed by atoms with Gasteiger partial charge in [0.15, 0.2) is 0 Å². The van der Waals surface area contributed by atoms with Crippen molar-refractivity contribution in [1.29, 1.82) is 0 Å².